The molecule has 0 aliphatic rings. The molecule has 0 aliphatic carbocycles. The van der Waals surface area contributed by atoms with E-state index in [-0.39, 0.29) is 42.3 Å². The lowest BCUT2D eigenvalue weighted by molar-refractivity contribution is -0.116. The average molecular weight is 397 g/mol. The van der Waals surface area contributed by atoms with E-state index in [0.717, 1.165) is 12.1 Å². The van der Waals surface area contributed by atoms with Gasteiger partial charge in [-0.1, -0.05) is 15.9 Å². The molecule has 0 fully saturated rings. The lowest BCUT2D eigenvalue weighted by atomic mass is 10.0. The molecule has 0 N–H and O–H groups in total. The molecule has 2 rings (SSSR count). The molecule has 0 atom stereocenters. The van der Waals surface area contributed by atoms with E-state index in [1.807, 2.05) is 0 Å². The van der Waals surface area contributed by atoms with Gasteiger partial charge in [-0.2, -0.15) is 0 Å². The fraction of sp³-hybridized carbons (Fsp3) is 0.222. The number of hydrogen-bond acceptors (Lipinski definition) is 3. The van der Waals surface area contributed by atoms with Crippen LogP contribution in [-0.4, -0.2) is 11.6 Å². The van der Waals surface area contributed by atoms with Gasteiger partial charge < -0.3 is 9.53 Å². The molecule has 2 aromatic rings. The van der Waals surface area contributed by atoms with E-state index < -0.39 is 11.6 Å². The van der Waals surface area contributed by atoms with Crippen LogP contribution in [0.2, 0.25) is 0 Å². The van der Waals surface area contributed by atoms with Crippen molar-refractivity contribution in [3.8, 4) is 5.75 Å². The Hall–Kier alpha value is -2.08. The Labute approximate surface area is 146 Å². The quantitative estimate of drug-likeness (QED) is 0.627. The van der Waals surface area contributed by atoms with Crippen LogP contribution in [0.25, 0.3) is 0 Å². The Bertz CT molecular complexity index is 775. The van der Waals surface area contributed by atoms with Crippen molar-refractivity contribution in [2.75, 3.05) is 0 Å². The lowest BCUT2D eigenvalue weighted by Gasteiger charge is -2.12. The summed E-state index contributed by atoms with van der Waals surface area (Å²) in [6.45, 7) is 1.28. The van der Waals surface area contributed by atoms with Gasteiger partial charge in [-0.05, 0) is 37.3 Å². The van der Waals surface area contributed by atoms with E-state index in [2.05, 4.69) is 15.9 Å². The number of rotatable bonds is 7. The van der Waals surface area contributed by atoms with E-state index in [4.69, 9.17) is 4.74 Å². The van der Waals surface area contributed by atoms with Crippen LogP contribution in [0.5, 0.6) is 5.75 Å². The standard InChI is InChI=1S/C18H15BrF2O3/c1-11(22)2-7-17(23)15-6-4-13(19)8-18(15)24-10-12-3-5-14(20)9-16(12)21/h3-6,8-9H,2,7,10H2,1H3. The summed E-state index contributed by atoms with van der Waals surface area (Å²) in [6, 6.07) is 8.08. The Morgan fingerprint density at radius 2 is 1.83 bits per heavy atom. The van der Waals surface area contributed by atoms with Crippen LogP contribution in [0, 0.1) is 11.6 Å². The normalized spacial score (nSPS) is 10.5. The molecule has 0 bridgehead atoms. The number of ether oxygens (including phenoxy) is 1. The third kappa shape index (κ3) is 4.96. The van der Waals surface area contributed by atoms with Gasteiger partial charge in [-0.15, -0.1) is 0 Å². The van der Waals surface area contributed by atoms with Crippen LogP contribution in [0.15, 0.2) is 40.9 Å². The molecule has 0 radical (unpaired) electrons. The number of Topliss-reactive ketones (excluding diaryl/α,β-unsaturated/α-hetero) is 2. The summed E-state index contributed by atoms with van der Waals surface area (Å²) >= 11 is 3.29. The van der Waals surface area contributed by atoms with Crippen molar-refractivity contribution >= 4 is 27.5 Å². The number of carbonyl (C=O) groups excluding carboxylic acids is 2. The summed E-state index contributed by atoms with van der Waals surface area (Å²) in [4.78, 5) is 23.3. The first-order valence-corrected chi connectivity index (χ1v) is 8.05. The van der Waals surface area contributed by atoms with Crippen molar-refractivity contribution in [2.24, 2.45) is 0 Å². The summed E-state index contributed by atoms with van der Waals surface area (Å²) in [7, 11) is 0. The minimum absolute atomic E-state index is 0.0729. The lowest BCUT2D eigenvalue weighted by Crippen LogP contribution is -2.07. The molecule has 0 amide bonds. The number of ketones is 2. The minimum Gasteiger partial charge on any atom is -0.488 e. The van der Waals surface area contributed by atoms with Gasteiger partial charge >= 0.3 is 0 Å². The van der Waals surface area contributed by atoms with Crippen LogP contribution in [0.3, 0.4) is 0 Å². The molecular formula is C18H15BrF2O3. The zero-order valence-corrected chi connectivity index (χ0v) is 14.5. The third-order valence-electron chi connectivity index (χ3n) is 3.35. The molecule has 24 heavy (non-hydrogen) atoms. The molecule has 0 saturated carbocycles. The average Bonchev–Trinajstić information content (AvgIpc) is 2.52. The van der Waals surface area contributed by atoms with Crippen LogP contribution in [0.4, 0.5) is 8.78 Å². The van der Waals surface area contributed by atoms with Gasteiger partial charge in [0.2, 0.25) is 0 Å². The topological polar surface area (TPSA) is 43.4 Å². The minimum atomic E-state index is -0.713. The fourth-order valence-electron chi connectivity index (χ4n) is 2.06. The summed E-state index contributed by atoms with van der Waals surface area (Å²) < 4.78 is 32.8. The summed E-state index contributed by atoms with van der Waals surface area (Å²) in [5.41, 5.74) is 0.500. The molecule has 0 spiro atoms. The third-order valence-corrected chi connectivity index (χ3v) is 3.84. The molecule has 0 saturated heterocycles. The first-order chi connectivity index (χ1) is 11.4. The zero-order valence-electron chi connectivity index (χ0n) is 12.9. The maximum absolute atomic E-state index is 13.7. The molecular weight excluding hydrogens is 382 g/mol. The number of halogens is 3. The van der Waals surface area contributed by atoms with Crippen molar-refractivity contribution < 1.29 is 23.1 Å². The van der Waals surface area contributed by atoms with Gasteiger partial charge in [0.05, 0.1) is 5.56 Å². The number of benzene rings is 2. The van der Waals surface area contributed by atoms with E-state index in [1.54, 1.807) is 18.2 Å². The molecule has 0 heterocycles. The van der Waals surface area contributed by atoms with Crippen molar-refractivity contribution in [2.45, 2.75) is 26.4 Å². The Morgan fingerprint density at radius 3 is 2.50 bits per heavy atom. The highest BCUT2D eigenvalue weighted by Gasteiger charge is 2.15. The summed E-state index contributed by atoms with van der Waals surface area (Å²) in [5, 5.41) is 0. The highest BCUT2D eigenvalue weighted by molar-refractivity contribution is 9.10. The zero-order chi connectivity index (χ0) is 17.7. The molecule has 6 heteroatoms. The van der Waals surface area contributed by atoms with Gasteiger partial charge in [-0.3, -0.25) is 4.79 Å². The molecule has 3 nitrogen and oxygen atoms in total. The molecule has 0 aliphatic heterocycles. The fourth-order valence-corrected chi connectivity index (χ4v) is 2.40. The van der Waals surface area contributed by atoms with E-state index in [1.165, 1.54) is 13.0 Å². The van der Waals surface area contributed by atoms with Crippen molar-refractivity contribution in [1.82, 2.24) is 0 Å². The van der Waals surface area contributed by atoms with Crippen LogP contribution >= 0.6 is 15.9 Å². The second kappa shape index (κ2) is 8.15. The summed E-state index contributed by atoms with van der Waals surface area (Å²) in [6.07, 6.45) is 0.235. The van der Waals surface area contributed by atoms with Gasteiger partial charge in [0.25, 0.3) is 0 Å². The van der Waals surface area contributed by atoms with E-state index in [0.29, 0.717) is 10.0 Å². The number of hydrogen-bond donors (Lipinski definition) is 0. The van der Waals surface area contributed by atoms with Crippen LogP contribution < -0.4 is 4.74 Å². The van der Waals surface area contributed by atoms with Gasteiger partial charge in [0.1, 0.15) is 29.8 Å². The first kappa shape index (κ1) is 18.3. The maximum Gasteiger partial charge on any atom is 0.167 e. The highest BCUT2D eigenvalue weighted by Crippen LogP contribution is 2.26. The van der Waals surface area contributed by atoms with E-state index in [9.17, 15) is 18.4 Å². The molecule has 0 unspecified atom stereocenters. The Morgan fingerprint density at radius 1 is 1.08 bits per heavy atom. The number of carbonyl (C=O) groups is 2. The van der Waals surface area contributed by atoms with Crippen LogP contribution in [0.1, 0.15) is 35.7 Å². The predicted molar refractivity (Wildman–Crippen MR) is 89.1 cm³/mol. The van der Waals surface area contributed by atoms with Gasteiger partial charge in [-0.25, -0.2) is 8.78 Å². The Kier molecular flexibility index (Phi) is 6.20. The predicted octanol–water partition coefficient (Wildman–Crippen LogP) is 4.86. The largest absolute Gasteiger partial charge is 0.488 e. The summed E-state index contributed by atoms with van der Waals surface area (Å²) in [5.74, 6) is -1.40. The first-order valence-electron chi connectivity index (χ1n) is 7.25. The molecule has 126 valence electrons. The van der Waals surface area contributed by atoms with Crippen LogP contribution in [-0.2, 0) is 11.4 Å². The van der Waals surface area contributed by atoms with Gasteiger partial charge in [0, 0.05) is 28.9 Å². The molecule has 2 aromatic carbocycles. The van der Waals surface area contributed by atoms with Crippen molar-refractivity contribution in [1.29, 1.82) is 0 Å². The molecule has 0 aromatic heterocycles. The highest BCUT2D eigenvalue weighted by atomic mass is 79.9. The smallest absolute Gasteiger partial charge is 0.167 e. The second-order valence-electron chi connectivity index (χ2n) is 5.29. The maximum atomic E-state index is 13.7. The van der Waals surface area contributed by atoms with E-state index >= 15 is 0 Å². The van der Waals surface area contributed by atoms with Gasteiger partial charge in [0.15, 0.2) is 5.78 Å². The SMILES string of the molecule is CC(=O)CCC(=O)c1ccc(Br)cc1OCc1ccc(F)cc1F. The second-order valence-corrected chi connectivity index (χ2v) is 6.21. The monoisotopic (exact) mass is 396 g/mol. The van der Waals surface area contributed by atoms with Crippen molar-refractivity contribution in [3.05, 3.63) is 63.6 Å². The Balaban J connectivity index is 2.18. The van der Waals surface area contributed by atoms with Crippen molar-refractivity contribution in [3.63, 3.8) is 0 Å².